The molecule has 11 nitrogen and oxygen atoms in total. The summed E-state index contributed by atoms with van der Waals surface area (Å²) in [6.07, 6.45) is 3.25. The Balaban J connectivity index is 0.000000236. The van der Waals surface area contributed by atoms with Crippen molar-refractivity contribution in [3.8, 4) is 11.5 Å². The summed E-state index contributed by atoms with van der Waals surface area (Å²) < 4.78 is 10.8. The van der Waals surface area contributed by atoms with Gasteiger partial charge >= 0.3 is 0 Å². The number of ether oxygens (including phenoxy) is 1. The summed E-state index contributed by atoms with van der Waals surface area (Å²) in [7, 11) is 0. The third-order valence-corrected chi connectivity index (χ3v) is 11.1. The number of aliphatic hydroxyl groups is 2. The zero-order valence-electron chi connectivity index (χ0n) is 34.8. The zero-order chi connectivity index (χ0) is 44.0. The van der Waals surface area contributed by atoms with Crippen LogP contribution in [0.4, 0.5) is 11.4 Å². The summed E-state index contributed by atoms with van der Waals surface area (Å²) in [4.78, 5) is 31.8. The second-order valence-electron chi connectivity index (χ2n) is 15.5. The number of Topliss-reactive ketones (excluding diaryl/α,β-unsaturated/α-hetero) is 1. The minimum Gasteiger partial charge on any atom is -0.420 e. The Bertz CT molecular complexity index is 2290. The van der Waals surface area contributed by atoms with Crippen molar-refractivity contribution in [2.24, 2.45) is 5.92 Å². The van der Waals surface area contributed by atoms with Crippen molar-refractivity contribution in [2.75, 3.05) is 19.8 Å². The average molecular weight is 853 g/mol. The van der Waals surface area contributed by atoms with E-state index < -0.39 is 28.9 Å². The Kier molecular flexibility index (Phi) is 17.1. The van der Waals surface area contributed by atoms with E-state index >= 15 is 0 Å². The number of halogens is 2. The molecule has 2 heterocycles. The standard InChI is InChI=1S/C22H23ClN2O3.C21H20ClN3O2.C4H8O/c1-14-16(10-11-18(24-4)20(14)23)12-17(22(2,3)28)21(27)25-13-19(26)15-8-6-5-7-9-15;1-13-15(10-11-17(23-4)18(13)22)12-16(21(2,3)26)20-25-24-19(27-20)14-8-6-5-7-9-14;1-2-4-5-3-1/h5-11,17,28H,12-13H2,1-3H3,(H,25,27);5-11,16,26H,12H2,1-3H3;1-4H2/t17-;16-;/m00./s1. The van der Waals surface area contributed by atoms with E-state index in [-0.39, 0.29) is 18.7 Å². The van der Waals surface area contributed by atoms with Crippen LogP contribution in [0.15, 0.2) is 89.3 Å². The van der Waals surface area contributed by atoms with Crippen LogP contribution in [0.5, 0.6) is 0 Å². The fourth-order valence-electron chi connectivity index (χ4n) is 6.38. The van der Waals surface area contributed by atoms with Gasteiger partial charge in [-0.25, -0.2) is 9.69 Å². The van der Waals surface area contributed by atoms with Crippen molar-refractivity contribution < 1.29 is 29.0 Å². The number of carbonyl (C=O) groups is 2. The van der Waals surface area contributed by atoms with E-state index in [1.54, 1.807) is 77.1 Å². The first-order chi connectivity index (χ1) is 28.5. The van der Waals surface area contributed by atoms with Gasteiger partial charge in [0.1, 0.15) is 0 Å². The van der Waals surface area contributed by atoms with Gasteiger partial charge in [0.15, 0.2) is 5.78 Å². The second kappa shape index (κ2) is 21.7. The third-order valence-electron chi connectivity index (χ3n) is 10.2. The predicted octanol–water partition coefficient (Wildman–Crippen LogP) is 10.3. The molecule has 1 fully saturated rings. The molecule has 6 rings (SSSR count). The molecule has 4 aromatic carbocycles. The number of benzene rings is 4. The van der Waals surface area contributed by atoms with Crippen LogP contribution in [-0.4, -0.2) is 63.1 Å². The van der Waals surface area contributed by atoms with E-state index in [0.29, 0.717) is 50.7 Å². The number of rotatable bonds is 12. The van der Waals surface area contributed by atoms with Crippen LogP contribution >= 0.6 is 23.2 Å². The summed E-state index contributed by atoms with van der Waals surface area (Å²) in [5.41, 5.74) is 2.94. The molecule has 60 heavy (non-hydrogen) atoms. The van der Waals surface area contributed by atoms with E-state index in [9.17, 15) is 19.8 Å². The molecule has 0 radical (unpaired) electrons. The summed E-state index contributed by atoms with van der Waals surface area (Å²) in [5.74, 6) is -1.05. The van der Waals surface area contributed by atoms with Gasteiger partial charge in [-0.1, -0.05) is 96.0 Å². The third kappa shape index (κ3) is 13.0. The Morgan fingerprint density at radius 1 is 0.767 bits per heavy atom. The van der Waals surface area contributed by atoms with Gasteiger partial charge < -0.3 is 24.7 Å². The van der Waals surface area contributed by atoms with E-state index in [1.807, 2.05) is 49.4 Å². The Hall–Kier alpha value is -5.40. The molecule has 1 aromatic heterocycles. The lowest BCUT2D eigenvalue weighted by atomic mass is 9.83. The van der Waals surface area contributed by atoms with Crippen molar-refractivity contribution in [3.63, 3.8) is 0 Å². The molecule has 0 unspecified atom stereocenters. The molecule has 3 N–H and O–H groups in total. The summed E-state index contributed by atoms with van der Waals surface area (Å²) >= 11 is 12.5. The summed E-state index contributed by atoms with van der Waals surface area (Å²) in [5, 5.41) is 33.0. The Labute approximate surface area is 362 Å². The van der Waals surface area contributed by atoms with Gasteiger partial charge in [-0.15, -0.1) is 10.2 Å². The lowest BCUT2D eigenvalue weighted by Gasteiger charge is -2.29. The zero-order valence-corrected chi connectivity index (χ0v) is 36.3. The summed E-state index contributed by atoms with van der Waals surface area (Å²) in [6, 6.07) is 25.1. The van der Waals surface area contributed by atoms with Crippen LogP contribution in [-0.2, 0) is 22.4 Å². The Morgan fingerprint density at radius 2 is 1.28 bits per heavy atom. The van der Waals surface area contributed by atoms with Crippen molar-refractivity contribution in [2.45, 2.75) is 84.3 Å². The number of carbonyl (C=O) groups excluding carboxylic acids is 2. The van der Waals surface area contributed by atoms with E-state index in [1.165, 1.54) is 12.8 Å². The molecule has 1 amide bonds. The van der Waals surface area contributed by atoms with Gasteiger partial charge in [-0.2, -0.15) is 0 Å². The molecule has 1 aliphatic heterocycles. The van der Waals surface area contributed by atoms with Crippen molar-refractivity contribution >= 4 is 46.3 Å². The van der Waals surface area contributed by atoms with Gasteiger partial charge in [-0.3, -0.25) is 9.59 Å². The largest absolute Gasteiger partial charge is 0.420 e. The number of aromatic nitrogens is 2. The summed E-state index contributed by atoms with van der Waals surface area (Å²) in [6.45, 7) is 26.4. The van der Waals surface area contributed by atoms with E-state index in [2.05, 4.69) is 25.2 Å². The minimum absolute atomic E-state index is 0.147. The number of ketones is 1. The molecule has 314 valence electrons. The average Bonchev–Trinajstić information content (AvgIpc) is 3.98. The number of amides is 1. The number of nitrogens with one attached hydrogen (secondary N) is 1. The van der Waals surface area contributed by atoms with Gasteiger partial charge in [0.2, 0.25) is 29.1 Å². The second-order valence-corrected chi connectivity index (χ2v) is 16.3. The van der Waals surface area contributed by atoms with E-state index in [4.69, 9.17) is 45.5 Å². The maximum Gasteiger partial charge on any atom is 0.247 e. The van der Waals surface area contributed by atoms with Crippen LogP contribution in [0.2, 0.25) is 10.0 Å². The highest BCUT2D eigenvalue weighted by atomic mass is 35.5. The lowest BCUT2D eigenvalue weighted by molar-refractivity contribution is -0.132. The maximum absolute atomic E-state index is 12.7. The molecule has 1 saturated heterocycles. The highest BCUT2D eigenvalue weighted by Gasteiger charge is 2.35. The molecule has 0 spiro atoms. The minimum atomic E-state index is -1.31. The molecule has 0 bridgehead atoms. The molecule has 5 aromatic rings. The molecular weight excluding hydrogens is 801 g/mol. The van der Waals surface area contributed by atoms with Gasteiger partial charge in [0.25, 0.3) is 0 Å². The first-order valence-electron chi connectivity index (χ1n) is 19.5. The van der Waals surface area contributed by atoms with Crippen LogP contribution in [0, 0.1) is 32.9 Å². The van der Waals surface area contributed by atoms with Crippen LogP contribution in [0.1, 0.15) is 85.0 Å². The van der Waals surface area contributed by atoms with Crippen LogP contribution in [0.3, 0.4) is 0 Å². The quantitative estimate of drug-likeness (QED) is 0.0832. The lowest BCUT2D eigenvalue weighted by Crippen LogP contribution is -2.45. The van der Waals surface area contributed by atoms with Crippen LogP contribution < -0.4 is 5.32 Å². The smallest absolute Gasteiger partial charge is 0.247 e. The molecule has 13 heteroatoms. The number of hydrogen-bond acceptors (Lipinski definition) is 8. The maximum atomic E-state index is 12.7. The first-order valence-corrected chi connectivity index (χ1v) is 20.3. The molecule has 0 saturated carbocycles. The number of hydrogen-bond donors (Lipinski definition) is 3. The first kappa shape index (κ1) is 47.3. The topological polar surface area (TPSA) is 144 Å². The fraction of sp³-hybridized carbons (Fsp3) is 0.362. The van der Waals surface area contributed by atoms with Crippen molar-refractivity contribution in [3.05, 3.63) is 152 Å². The number of nitrogens with zero attached hydrogens (tertiary/aromatic N) is 4. The molecule has 2 atom stereocenters. The van der Waals surface area contributed by atoms with Gasteiger partial charge in [0.05, 0.1) is 52.8 Å². The van der Waals surface area contributed by atoms with Gasteiger partial charge in [0, 0.05) is 24.3 Å². The Morgan fingerprint density at radius 3 is 1.75 bits per heavy atom. The highest BCUT2D eigenvalue weighted by Crippen LogP contribution is 2.37. The predicted molar refractivity (Wildman–Crippen MR) is 235 cm³/mol. The van der Waals surface area contributed by atoms with Crippen LogP contribution in [0.25, 0.3) is 21.1 Å². The highest BCUT2D eigenvalue weighted by molar-refractivity contribution is 6.34. The monoisotopic (exact) mass is 851 g/mol. The fourth-order valence-corrected chi connectivity index (χ4v) is 6.83. The van der Waals surface area contributed by atoms with Gasteiger partial charge in [-0.05, 0) is 102 Å². The van der Waals surface area contributed by atoms with Crippen molar-refractivity contribution in [1.29, 1.82) is 0 Å². The molecular formula is C47H51Cl2N5O6. The normalized spacial score (nSPS) is 13.3. The molecule has 0 aliphatic carbocycles. The molecule has 1 aliphatic rings. The SMILES string of the molecule is C1CCOC1.[C-]#[N+]c1ccc(C[C@@H](C(=O)NCC(=O)c2ccccc2)C(C)(C)O)c(C)c1Cl.[C-]#[N+]c1ccc(C[C@@H](c2nnc(-c3ccccc3)o2)C(C)(C)O)c(C)c1Cl. The van der Waals surface area contributed by atoms with Crippen molar-refractivity contribution in [1.82, 2.24) is 15.5 Å². The van der Waals surface area contributed by atoms with E-state index in [0.717, 1.165) is 35.5 Å².